The number of amides is 1. The largest absolute Gasteiger partial charge is 0.497 e. The number of nitriles is 1. The fourth-order valence-electron chi connectivity index (χ4n) is 7.62. The molecular weight excluding hydrogens is 817 g/mol. The molecule has 1 unspecified atom stereocenters. The Hall–Kier alpha value is -5.27. The Balaban J connectivity index is 1.49. The first-order valence-electron chi connectivity index (χ1n) is 20.6. The van der Waals surface area contributed by atoms with Gasteiger partial charge in [-0.1, -0.05) is 73.4 Å². The molecule has 0 aliphatic carbocycles. The summed E-state index contributed by atoms with van der Waals surface area (Å²) in [6, 6.07) is 26.8. The topological polar surface area (TPSA) is 166 Å². The van der Waals surface area contributed by atoms with E-state index in [1.54, 1.807) is 35.1 Å². The first kappa shape index (κ1) is 46.2. The summed E-state index contributed by atoms with van der Waals surface area (Å²) in [6.07, 6.45) is -3.98. The van der Waals surface area contributed by atoms with Crippen LogP contribution in [0.1, 0.15) is 70.9 Å². The van der Waals surface area contributed by atoms with E-state index in [-0.39, 0.29) is 54.7 Å². The van der Waals surface area contributed by atoms with E-state index in [0.717, 1.165) is 16.7 Å². The number of ether oxygens (including phenoxy) is 4. The molecule has 2 aromatic heterocycles. The molecule has 0 bridgehead atoms. The number of nitrogens with zero attached hydrogens (tertiary/aromatic N) is 5. The van der Waals surface area contributed by atoms with E-state index >= 15 is 4.39 Å². The van der Waals surface area contributed by atoms with Crippen molar-refractivity contribution in [3.63, 3.8) is 0 Å². The predicted octanol–water partition coefficient (Wildman–Crippen LogP) is 7.07. The first-order valence-corrected chi connectivity index (χ1v) is 21.7. The lowest BCUT2D eigenvalue weighted by atomic mass is 9.80. The van der Waals surface area contributed by atoms with Gasteiger partial charge in [-0.2, -0.15) is 5.26 Å². The number of halogens is 1. The van der Waals surface area contributed by atoms with Crippen LogP contribution in [0.15, 0.2) is 90.0 Å². The highest BCUT2D eigenvalue weighted by Gasteiger charge is 2.53. The molecule has 0 radical (unpaired) electrons. The molecular formula is C45H56FN7O8P+. The van der Waals surface area contributed by atoms with Gasteiger partial charge in [0, 0.05) is 18.0 Å². The molecule has 0 spiro atoms. The molecule has 17 heteroatoms. The third kappa shape index (κ3) is 9.68. The molecule has 5 aromatic rings. The van der Waals surface area contributed by atoms with Crippen LogP contribution in [-0.2, 0) is 36.0 Å². The molecule has 3 heterocycles. The average Bonchev–Trinajstić information content (AvgIpc) is 3.75. The Labute approximate surface area is 362 Å². The van der Waals surface area contributed by atoms with Crippen LogP contribution < -0.4 is 24.9 Å². The monoisotopic (exact) mass is 872 g/mol. The quantitative estimate of drug-likeness (QED) is 0.0378. The number of imidazole rings is 1. The van der Waals surface area contributed by atoms with Crippen LogP contribution in [0.5, 0.6) is 11.5 Å². The highest BCUT2D eigenvalue weighted by atomic mass is 31.2. The van der Waals surface area contributed by atoms with Gasteiger partial charge in [-0.25, -0.2) is 13.6 Å². The molecule has 0 saturated carbocycles. The lowest BCUT2D eigenvalue weighted by Gasteiger charge is -2.39. The molecule has 1 saturated heterocycles. The molecule has 15 nitrogen and oxygen atoms in total. The number of carbonyl (C=O) groups excluding carboxylic acids is 1. The molecule has 1 fully saturated rings. The zero-order valence-electron chi connectivity index (χ0n) is 36.6. The number of aromatic amines is 1. The normalized spacial score (nSPS) is 18.5. The van der Waals surface area contributed by atoms with E-state index in [9.17, 15) is 14.9 Å². The van der Waals surface area contributed by atoms with Crippen LogP contribution in [0.3, 0.4) is 0 Å². The van der Waals surface area contributed by atoms with E-state index in [1.165, 1.54) is 15.5 Å². The summed E-state index contributed by atoms with van der Waals surface area (Å²) in [5.41, 5.74) is 0.700. The van der Waals surface area contributed by atoms with Gasteiger partial charge in [-0.3, -0.25) is 24.5 Å². The number of hydrogen-bond donors (Lipinski definition) is 2. The number of aryl methyl sites for hydroxylation is 1. The highest BCUT2D eigenvalue weighted by molar-refractivity contribution is 7.44. The van der Waals surface area contributed by atoms with Crippen LogP contribution >= 0.6 is 8.53 Å². The van der Waals surface area contributed by atoms with Crippen molar-refractivity contribution in [2.75, 3.05) is 32.8 Å². The first-order chi connectivity index (χ1) is 29.7. The standard InChI is InChI=1S/C45H55FN7O8P/c1-28(2)41(54)49-44-48-40-38(42(55)50-44)51(7)27-52(40)43-37(46)39(61-62(59-25-13-24-47)53(29(3)4)30(5)6)36(60-43)26-58-45(31-14-11-10-12-15-31,32-16-20-34(56-8)21-17-32)33-18-22-35(57-9)23-19-33/h10-12,14-23,27-30,36-37,39,43H,13,25-26H2,1-9H3,(H-,48,49,50,54,55)/p+1/t36-,37+,39-,43-,62?/m1/s1. The number of rotatable bonds is 19. The van der Waals surface area contributed by atoms with E-state index in [1.807, 2.05) is 111 Å². The summed E-state index contributed by atoms with van der Waals surface area (Å²) in [6.45, 7) is 11.3. The van der Waals surface area contributed by atoms with Gasteiger partial charge in [0.2, 0.25) is 17.7 Å². The Bertz CT molecular complexity index is 2320. The fraction of sp³-hybridized carbons (Fsp3) is 0.444. The number of hydrogen-bond acceptors (Lipinski definition) is 11. The van der Waals surface area contributed by atoms with Crippen molar-refractivity contribution >= 4 is 31.5 Å². The van der Waals surface area contributed by atoms with Gasteiger partial charge < -0.3 is 28.0 Å². The van der Waals surface area contributed by atoms with Crippen LogP contribution in [0, 0.1) is 17.2 Å². The fourth-order valence-corrected chi connectivity index (χ4v) is 9.38. The van der Waals surface area contributed by atoms with E-state index in [4.69, 9.17) is 28.0 Å². The summed E-state index contributed by atoms with van der Waals surface area (Å²) in [4.78, 5) is 33.3. The number of methoxy groups -OCH3 is 2. The van der Waals surface area contributed by atoms with Gasteiger partial charge in [-0.15, -0.1) is 0 Å². The Morgan fingerprint density at radius 3 is 2.10 bits per heavy atom. The van der Waals surface area contributed by atoms with Crippen molar-refractivity contribution < 1.29 is 41.7 Å². The molecule has 6 rings (SSSR count). The Morgan fingerprint density at radius 2 is 1.56 bits per heavy atom. The number of H-pyrrole nitrogens is 1. The minimum absolute atomic E-state index is 0.0645. The number of carbonyl (C=O) groups is 1. The second-order valence-corrected chi connectivity index (χ2v) is 17.2. The van der Waals surface area contributed by atoms with Gasteiger partial charge in [-0.05, 0) is 68.7 Å². The van der Waals surface area contributed by atoms with Gasteiger partial charge in [0.1, 0.15) is 29.3 Å². The van der Waals surface area contributed by atoms with Gasteiger partial charge in [0.25, 0.3) is 20.0 Å². The van der Waals surface area contributed by atoms with Crippen LogP contribution in [-0.4, -0.2) is 83.0 Å². The van der Waals surface area contributed by atoms with Crippen molar-refractivity contribution in [3.8, 4) is 17.6 Å². The van der Waals surface area contributed by atoms with Gasteiger partial charge in [0.15, 0.2) is 12.5 Å². The maximum Gasteiger partial charge on any atom is 0.313 e. The lowest BCUT2D eigenvalue weighted by molar-refractivity contribution is -0.744. The summed E-state index contributed by atoms with van der Waals surface area (Å²) < 4.78 is 60.8. The zero-order chi connectivity index (χ0) is 44.7. The number of nitrogens with one attached hydrogen (secondary N) is 2. The van der Waals surface area contributed by atoms with Crippen molar-refractivity contribution in [3.05, 3.63) is 112 Å². The zero-order valence-corrected chi connectivity index (χ0v) is 37.5. The minimum Gasteiger partial charge on any atom is -0.497 e. The van der Waals surface area contributed by atoms with E-state index < -0.39 is 50.2 Å². The molecule has 330 valence electrons. The Kier molecular flexibility index (Phi) is 15.1. The molecule has 1 aliphatic rings. The molecule has 62 heavy (non-hydrogen) atoms. The number of alkyl halides is 1. The van der Waals surface area contributed by atoms with E-state index in [2.05, 4.69) is 21.4 Å². The number of benzene rings is 3. The molecule has 1 amide bonds. The summed E-state index contributed by atoms with van der Waals surface area (Å²) in [7, 11) is 2.88. The molecule has 5 atom stereocenters. The number of anilines is 1. The smallest absolute Gasteiger partial charge is 0.313 e. The maximum absolute atomic E-state index is 17.7. The molecule has 2 N–H and O–H groups in total. The van der Waals surface area contributed by atoms with Crippen molar-refractivity contribution in [2.24, 2.45) is 13.0 Å². The highest BCUT2D eigenvalue weighted by Crippen LogP contribution is 2.51. The van der Waals surface area contributed by atoms with Crippen molar-refractivity contribution in [1.82, 2.24) is 19.2 Å². The minimum atomic E-state index is -1.96. The summed E-state index contributed by atoms with van der Waals surface area (Å²) in [5, 5.41) is 12.1. The second kappa shape index (κ2) is 20.3. The third-order valence-electron chi connectivity index (χ3n) is 10.6. The molecule has 1 aliphatic heterocycles. The van der Waals surface area contributed by atoms with Crippen LogP contribution in [0.4, 0.5) is 10.3 Å². The molecule has 3 aromatic carbocycles. The van der Waals surface area contributed by atoms with Crippen molar-refractivity contribution in [2.45, 2.75) is 90.3 Å². The second-order valence-electron chi connectivity index (χ2n) is 15.8. The van der Waals surface area contributed by atoms with Crippen LogP contribution in [0.25, 0.3) is 11.2 Å². The number of aromatic nitrogens is 4. The third-order valence-corrected chi connectivity index (χ3v) is 12.7. The average molecular weight is 873 g/mol. The summed E-state index contributed by atoms with van der Waals surface area (Å²) >= 11 is 0. The predicted molar refractivity (Wildman–Crippen MR) is 232 cm³/mol. The SMILES string of the molecule is COc1ccc(C(OC[C@H]2O[C@@H]([n+]3cn(C)c4c(=O)[nH]c(NC(=O)C(C)C)nc43)[C@@H](F)[C@@H]2OP(OCCC#N)N(C(C)C)C(C)C)(c2ccccc2)c2ccc(OC)cc2)cc1. The Morgan fingerprint density at radius 1 is 0.984 bits per heavy atom. The van der Waals surface area contributed by atoms with Crippen molar-refractivity contribution in [1.29, 1.82) is 5.26 Å². The van der Waals surface area contributed by atoms with E-state index in [0.29, 0.717) is 11.5 Å². The maximum atomic E-state index is 17.7. The van der Waals surface area contributed by atoms with Gasteiger partial charge >= 0.3 is 5.65 Å². The lowest BCUT2D eigenvalue weighted by Crippen LogP contribution is -2.45. The van der Waals surface area contributed by atoms with Gasteiger partial charge in [0.05, 0.1) is 47.0 Å². The summed E-state index contributed by atoms with van der Waals surface area (Å²) in [5.74, 6) is 0.454. The number of fused-ring (bicyclic) bond motifs is 1. The van der Waals surface area contributed by atoms with Crippen LogP contribution in [0.2, 0.25) is 0 Å².